The smallest absolute Gasteiger partial charge is 0.378 e. The number of ether oxygens (including phenoxy) is 1. The third kappa shape index (κ3) is 4.76. The van der Waals surface area contributed by atoms with Gasteiger partial charge in [-0.3, -0.25) is 4.79 Å². The van der Waals surface area contributed by atoms with Crippen molar-refractivity contribution in [3.63, 3.8) is 0 Å². The van der Waals surface area contributed by atoms with Crippen LogP contribution < -0.4 is 16.0 Å². The van der Waals surface area contributed by atoms with E-state index >= 15 is 0 Å². The van der Waals surface area contributed by atoms with E-state index in [4.69, 9.17) is 4.74 Å². The molecule has 3 N–H and O–H groups in total. The summed E-state index contributed by atoms with van der Waals surface area (Å²) in [7, 11) is 1.85. The second-order valence-corrected chi connectivity index (χ2v) is 8.37. The molecule has 0 aliphatic carbocycles. The average molecular weight is 448 g/mol. The van der Waals surface area contributed by atoms with E-state index in [1.54, 1.807) is 0 Å². The van der Waals surface area contributed by atoms with E-state index in [0.717, 1.165) is 30.7 Å². The molecule has 32 heavy (non-hydrogen) atoms. The van der Waals surface area contributed by atoms with Crippen molar-refractivity contribution in [1.29, 1.82) is 0 Å². The predicted octanol–water partition coefficient (Wildman–Crippen LogP) is 4.43. The van der Waals surface area contributed by atoms with E-state index in [0.29, 0.717) is 30.6 Å². The summed E-state index contributed by atoms with van der Waals surface area (Å²) in [6.07, 6.45) is -3.73. The molecule has 0 saturated carbocycles. The lowest BCUT2D eigenvalue weighted by Crippen LogP contribution is -2.45. The van der Waals surface area contributed by atoms with Crippen molar-refractivity contribution in [2.75, 3.05) is 25.5 Å². The van der Waals surface area contributed by atoms with Crippen LogP contribution in [0.5, 0.6) is 0 Å². The van der Waals surface area contributed by atoms with Crippen LogP contribution in [-0.2, 0) is 15.7 Å². The molecule has 4 rings (SSSR count). The fourth-order valence-electron chi connectivity index (χ4n) is 4.64. The van der Waals surface area contributed by atoms with E-state index in [1.807, 2.05) is 37.4 Å². The van der Waals surface area contributed by atoms with Gasteiger partial charge in [0.2, 0.25) is 5.91 Å². The first-order chi connectivity index (χ1) is 15.4. The maximum atomic E-state index is 13.4. The molecule has 8 heteroatoms. The largest absolute Gasteiger partial charge is 0.416 e. The van der Waals surface area contributed by atoms with Crippen LogP contribution in [-0.4, -0.2) is 32.1 Å². The van der Waals surface area contributed by atoms with Crippen molar-refractivity contribution in [2.24, 2.45) is 5.92 Å². The summed E-state index contributed by atoms with van der Waals surface area (Å²) in [6.45, 7) is 1.31. The second kappa shape index (κ2) is 9.50. The first-order valence-corrected chi connectivity index (χ1v) is 11.0. The van der Waals surface area contributed by atoms with Gasteiger partial charge in [0, 0.05) is 23.7 Å². The molecule has 0 bridgehead atoms. The third-order valence-electron chi connectivity index (χ3n) is 6.24. The molecule has 2 aliphatic heterocycles. The lowest BCUT2D eigenvalue weighted by molar-refractivity contribution is -0.149. The number of benzene rings is 2. The highest BCUT2D eigenvalue weighted by atomic mass is 19.4. The Morgan fingerprint density at radius 2 is 1.91 bits per heavy atom. The lowest BCUT2D eigenvalue weighted by Gasteiger charge is -2.45. The van der Waals surface area contributed by atoms with E-state index in [9.17, 15) is 18.0 Å². The molecule has 1 saturated heterocycles. The maximum Gasteiger partial charge on any atom is 0.416 e. The molecule has 0 radical (unpaired) electrons. The Morgan fingerprint density at radius 3 is 2.62 bits per heavy atom. The molecule has 2 aliphatic rings. The van der Waals surface area contributed by atoms with Gasteiger partial charge in [0.25, 0.3) is 0 Å². The Kier molecular flexibility index (Phi) is 6.71. The van der Waals surface area contributed by atoms with Crippen molar-refractivity contribution >= 4 is 11.6 Å². The van der Waals surface area contributed by atoms with Crippen molar-refractivity contribution in [1.82, 2.24) is 10.6 Å². The topological polar surface area (TPSA) is 62.4 Å². The van der Waals surface area contributed by atoms with Crippen LogP contribution in [0.3, 0.4) is 0 Å². The molecular formula is C24H28F3N3O2. The molecular weight excluding hydrogens is 419 g/mol. The summed E-state index contributed by atoms with van der Waals surface area (Å²) in [6, 6.07) is 13.4. The first kappa shape index (κ1) is 22.6. The zero-order valence-corrected chi connectivity index (χ0v) is 17.9. The molecule has 172 valence electrons. The number of carbonyl (C=O) groups excluding carboxylic acids is 1. The molecule has 1 fully saturated rings. The Labute approximate surface area is 185 Å². The fourth-order valence-corrected chi connectivity index (χ4v) is 4.64. The van der Waals surface area contributed by atoms with Gasteiger partial charge in [-0.15, -0.1) is 0 Å². The van der Waals surface area contributed by atoms with Crippen LogP contribution in [0.4, 0.5) is 18.9 Å². The van der Waals surface area contributed by atoms with Gasteiger partial charge < -0.3 is 20.7 Å². The van der Waals surface area contributed by atoms with E-state index in [2.05, 4.69) is 16.0 Å². The van der Waals surface area contributed by atoms with Crippen molar-refractivity contribution in [3.05, 3.63) is 65.2 Å². The van der Waals surface area contributed by atoms with Gasteiger partial charge >= 0.3 is 6.18 Å². The van der Waals surface area contributed by atoms with Gasteiger partial charge in [-0.2, -0.15) is 13.2 Å². The number of rotatable bonds is 6. The van der Waals surface area contributed by atoms with Crippen molar-refractivity contribution < 1.29 is 22.7 Å². The molecule has 5 nitrogen and oxygen atoms in total. The maximum absolute atomic E-state index is 13.4. The van der Waals surface area contributed by atoms with Crippen molar-refractivity contribution in [3.8, 4) is 0 Å². The fraction of sp³-hybridized carbons (Fsp3) is 0.458. The van der Waals surface area contributed by atoms with E-state index in [-0.39, 0.29) is 17.9 Å². The molecule has 2 heterocycles. The number of alkyl halides is 3. The number of amides is 1. The van der Waals surface area contributed by atoms with E-state index in [1.165, 1.54) is 6.07 Å². The minimum atomic E-state index is -4.44. The molecule has 4 atom stereocenters. The SMILES string of the molecule is CNCCCNC(=O)[C@@H]1CC[C@@H]2[C@@H](c3ccccc3)Nc3ccc(C(F)(F)F)cc3[C@@H]2O1. The number of fused-ring (bicyclic) bond motifs is 3. The minimum Gasteiger partial charge on any atom is -0.378 e. The monoisotopic (exact) mass is 447 g/mol. The second-order valence-electron chi connectivity index (χ2n) is 8.37. The highest BCUT2D eigenvalue weighted by Crippen LogP contribution is 2.51. The normalized spacial score (nSPS) is 24.8. The lowest BCUT2D eigenvalue weighted by atomic mass is 9.76. The Balaban J connectivity index is 1.62. The number of hydrogen-bond acceptors (Lipinski definition) is 4. The molecule has 2 aromatic rings. The predicted molar refractivity (Wildman–Crippen MR) is 116 cm³/mol. The summed E-state index contributed by atoms with van der Waals surface area (Å²) >= 11 is 0. The molecule has 0 spiro atoms. The Morgan fingerprint density at radius 1 is 1.12 bits per heavy atom. The summed E-state index contributed by atoms with van der Waals surface area (Å²) in [5.74, 6) is -0.287. The molecule has 0 aromatic heterocycles. The number of carbonyl (C=O) groups is 1. The summed E-state index contributed by atoms with van der Waals surface area (Å²) in [5.41, 5.74) is 1.41. The van der Waals surface area contributed by atoms with Gasteiger partial charge in [-0.25, -0.2) is 0 Å². The molecule has 1 amide bonds. The summed E-state index contributed by atoms with van der Waals surface area (Å²) in [4.78, 5) is 12.7. The quantitative estimate of drug-likeness (QED) is 0.574. The van der Waals surface area contributed by atoms with Crippen LogP contribution in [0.15, 0.2) is 48.5 Å². The molecule has 2 aromatic carbocycles. The van der Waals surface area contributed by atoms with Gasteiger partial charge in [0.05, 0.1) is 17.7 Å². The number of hydrogen-bond donors (Lipinski definition) is 3. The molecule has 0 unspecified atom stereocenters. The van der Waals surface area contributed by atoms with Gasteiger partial charge in [0.1, 0.15) is 6.10 Å². The summed E-state index contributed by atoms with van der Waals surface area (Å²) in [5, 5.41) is 9.34. The van der Waals surface area contributed by atoms with Crippen LogP contribution in [0.1, 0.15) is 48.1 Å². The summed E-state index contributed by atoms with van der Waals surface area (Å²) < 4.78 is 46.4. The highest BCUT2D eigenvalue weighted by molar-refractivity contribution is 5.81. The Bertz CT molecular complexity index is 936. The van der Waals surface area contributed by atoms with Gasteiger partial charge in [-0.1, -0.05) is 30.3 Å². The average Bonchev–Trinajstić information content (AvgIpc) is 2.80. The Hall–Kier alpha value is -2.58. The van der Waals surface area contributed by atoms with Crippen LogP contribution >= 0.6 is 0 Å². The minimum absolute atomic E-state index is 0.0817. The van der Waals surface area contributed by atoms with Gasteiger partial charge in [-0.05, 0) is 56.6 Å². The van der Waals surface area contributed by atoms with Crippen molar-refractivity contribution in [2.45, 2.75) is 43.7 Å². The number of anilines is 1. The zero-order chi connectivity index (χ0) is 22.7. The van der Waals surface area contributed by atoms with Crippen LogP contribution in [0, 0.1) is 5.92 Å². The number of nitrogens with one attached hydrogen (secondary N) is 3. The van der Waals surface area contributed by atoms with E-state index < -0.39 is 23.9 Å². The standard InChI is InChI=1S/C24H28F3N3O2/c1-28-12-5-13-29-23(31)20-11-9-17-21(15-6-3-2-4-7-15)30-19-10-8-16(24(25,26)27)14-18(19)22(17)32-20/h2-4,6-8,10,14,17,20-22,28,30H,5,9,11-13H2,1H3,(H,29,31)/t17-,20+,21-,22-/m1/s1. The van der Waals surface area contributed by atoms with Gasteiger partial charge in [0.15, 0.2) is 0 Å². The first-order valence-electron chi connectivity index (χ1n) is 11.0. The zero-order valence-electron chi connectivity index (χ0n) is 17.9. The highest BCUT2D eigenvalue weighted by Gasteiger charge is 2.44. The number of halogens is 3. The van der Waals surface area contributed by atoms with Crippen LogP contribution in [0.25, 0.3) is 0 Å². The third-order valence-corrected chi connectivity index (χ3v) is 6.24. The van der Waals surface area contributed by atoms with Crippen LogP contribution in [0.2, 0.25) is 0 Å².